The zero-order valence-corrected chi connectivity index (χ0v) is 20.5. The van der Waals surface area contributed by atoms with Crippen molar-refractivity contribution in [2.75, 3.05) is 48.0 Å². The average molecular weight is 525 g/mol. The third-order valence-corrected chi connectivity index (χ3v) is 5.45. The molecule has 0 radical (unpaired) electrons. The van der Waals surface area contributed by atoms with Gasteiger partial charge in [-0.1, -0.05) is 30.3 Å². The summed E-state index contributed by atoms with van der Waals surface area (Å²) < 4.78 is 16.4. The molecule has 1 aliphatic heterocycles. The number of ether oxygens (including phenoxy) is 3. The maximum absolute atomic E-state index is 5.55. The Hall–Kier alpha value is -2.16. The number of rotatable bonds is 7. The topological polar surface area (TPSA) is 55.3 Å². The Morgan fingerprint density at radius 1 is 1.07 bits per heavy atom. The molecule has 1 atom stereocenters. The van der Waals surface area contributed by atoms with Gasteiger partial charge in [-0.3, -0.25) is 4.99 Å². The summed E-state index contributed by atoms with van der Waals surface area (Å²) in [7, 11) is 6.81. The summed E-state index contributed by atoms with van der Waals surface area (Å²) in [6.45, 7) is 2.73. The Kier molecular flexibility index (Phi) is 9.55. The second-order valence-electron chi connectivity index (χ2n) is 7.08. The first-order valence-electron chi connectivity index (χ1n) is 9.99. The van der Waals surface area contributed by atoms with E-state index in [4.69, 9.17) is 14.2 Å². The molecule has 0 amide bonds. The molecule has 0 saturated carbocycles. The van der Waals surface area contributed by atoms with Gasteiger partial charge in [-0.25, -0.2) is 0 Å². The molecule has 6 nitrogen and oxygen atoms in total. The molecule has 2 aromatic rings. The van der Waals surface area contributed by atoms with Gasteiger partial charge < -0.3 is 24.4 Å². The van der Waals surface area contributed by atoms with E-state index in [9.17, 15) is 0 Å². The molecule has 7 heteroatoms. The van der Waals surface area contributed by atoms with Gasteiger partial charge in [0.1, 0.15) is 17.2 Å². The van der Waals surface area contributed by atoms with E-state index in [-0.39, 0.29) is 24.0 Å². The monoisotopic (exact) mass is 525 g/mol. The fourth-order valence-corrected chi connectivity index (χ4v) is 3.91. The number of halogens is 1. The predicted molar refractivity (Wildman–Crippen MR) is 132 cm³/mol. The van der Waals surface area contributed by atoms with Gasteiger partial charge in [0.15, 0.2) is 5.96 Å². The van der Waals surface area contributed by atoms with Crippen molar-refractivity contribution in [2.24, 2.45) is 4.99 Å². The SMILES string of the molecule is CN=C(NCCc1c(OC)cc(OC)cc1OC)N1CCC(c2ccccc2)C1.I. The molecule has 30 heavy (non-hydrogen) atoms. The third kappa shape index (κ3) is 5.71. The highest BCUT2D eigenvalue weighted by atomic mass is 127. The van der Waals surface area contributed by atoms with Gasteiger partial charge >= 0.3 is 0 Å². The van der Waals surface area contributed by atoms with Gasteiger partial charge in [0, 0.05) is 50.3 Å². The molecule has 1 saturated heterocycles. The molecular formula is C23H32IN3O3. The molecule has 0 aromatic heterocycles. The van der Waals surface area contributed by atoms with E-state index in [1.165, 1.54) is 5.56 Å². The standard InChI is InChI=1S/C23H31N3O3.HI/c1-24-23(26-13-11-18(16-26)17-8-6-5-7-9-17)25-12-10-20-21(28-3)14-19(27-2)15-22(20)29-4;/h5-9,14-15,18H,10-13,16H2,1-4H3,(H,24,25);1H. The third-order valence-electron chi connectivity index (χ3n) is 5.45. The molecule has 1 heterocycles. The first-order chi connectivity index (χ1) is 14.2. The van der Waals surface area contributed by atoms with E-state index in [1.54, 1.807) is 21.3 Å². The normalized spacial score (nSPS) is 16.1. The molecule has 1 fully saturated rings. The smallest absolute Gasteiger partial charge is 0.193 e. The highest BCUT2D eigenvalue weighted by molar-refractivity contribution is 14.0. The number of hydrogen-bond donors (Lipinski definition) is 1. The molecule has 0 aliphatic carbocycles. The summed E-state index contributed by atoms with van der Waals surface area (Å²) in [5.74, 6) is 3.74. The second kappa shape index (κ2) is 11.9. The number of nitrogens with one attached hydrogen (secondary N) is 1. The molecule has 1 N–H and O–H groups in total. The van der Waals surface area contributed by atoms with E-state index in [0.717, 1.165) is 61.2 Å². The first kappa shape index (κ1) is 24.1. The molecular weight excluding hydrogens is 493 g/mol. The van der Waals surface area contributed by atoms with E-state index < -0.39 is 0 Å². The van der Waals surface area contributed by atoms with Crippen LogP contribution in [0, 0.1) is 0 Å². The van der Waals surface area contributed by atoms with Crippen LogP contribution in [0.5, 0.6) is 17.2 Å². The zero-order valence-electron chi connectivity index (χ0n) is 18.2. The van der Waals surface area contributed by atoms with E-state index >= 15 is 0 Å². The first-order valence-corrected chi connectivity index (χ1v) is 9.99. The molecule has 3 rings (SSSR count). The lowest BCUT2D eigenvalue weighted by Gasteiger charge is -2.22. The van der Waals surface area contributed by atoms with Crippen LogP contribution < -0.4 is 19.5 Å². The van der Waals surface area contributed by atoms with Crippen LogP contribution in [0.25, 0.3) is 0 Å². The minimum absolute atomic E-state index is 0. The maximum atomic E-state index is 5.55. The number of guanidine groups is 1. The van der Waals surface area contributed by atoms with Crippen molar-refractivity contribution in [3.63, 3.8) is 0 Å². The maximum Gasteiger partial charge on any atom is 0.193 e. The van der Waals surface area contributed by atoms with Crippen LogP contribution >= 0.6 is 24.0 Å². The van der Waals surface area contributed by atoms with Gasteiger partial charge in [-0.2, -0.15) is 0 Å². The van der Waals surface area contributed by atoms with Crippen LogP contribution in [0.3, 0.4) is 0 Å². The molecule has 1 aliphatic rings. The molecule has 164 valence electrons. The van der Waals surface area contributed by atoms with Crippen molar-refractivity contribution < 1.29 is 14.2 Å². The fourth-order valence-electron chi connectivity index (χ4n) is 3.91. The molecule has 2 aromatic carbocycles. The Labute approximate surface area is 196 Å². The van der Waals surface area contributed by atoms with Crippen molar-refractivity contribution in [3.05, 3.63) is 53.6 Å². The lowest BCUT2D eigenvalue weighted by molar-refractivity contribution is 0.368. The molecule has 0 spiro atoms. The molecule has 1 unspecified atom stereocenters. The van der Waals surface area contributed by atoms with Crippen molar-refractivity contribution in [3.8, 4) is 17.2 Å². The van der Waals surface area contributed by atoms with Gasteiger partial charge in [0.25, 0.3) is 0 Å². The Bertz CT molecular complexity index is 805. The van der Waals surface area contributed by atoms with Gasteiger partial charge in [-0.15, -0.1) is 24.0 Å². The van der Waals surface area contributed by atoms with Crippen molar-refractivity contribution in [1.82, 2.24) is 10.2 Å². The number of benzene rings is 2. The fraction of sp³-hybridized carbons (Fsp3) is 0.435. The van der Waals surface area contributed by atoms with Crippen molar-refractivity contribution >= 4 is 29.9 Å². The van der Waals surface area contributed by atoms with Gasteiger partial charge in [0.05, 0.1) is 21.3 Å². The average Bonchev–Trinajstić information content (AvgIpc) is 3.27. The van der Waals surface area contributed by atoms with Crippen LogP contribution in [0.4, 0.5) is 0 Å². The zero-order chi connectivity index (χ0) is 20.6. The highest BCUT2D eigenvalue weighted by Gasteiger charge is 2.26. The van der Waals surface area contributed by atoms with Gasteiger partial charge in [-0.05, 0) is 18.4 Å². The summed E-state index contributed by atoms with van der Waals surface area (Å²) in [6, 6.07) is 14.5. The highest BCUT2D eigenvalue weighted by Crippen LogP contribution is 2.34. The second-order valence-corrected chi connectivity index (χ2v) is 7.08. The summed E-state index contributed by atoms with van der Waals surface area (Å²) in [6.07, 6.45) is 1.90. The van der Waals surface area contributed by atoms with E-state index in [0.29, 0.717) is 5.92 Å². The largest absolute Gasteiger partial charge is 0.496 e. The van der Waals surface area contributed by atoms with E-state index in [2.05, 4.69) is 45.5 Å². The predicted octanol–water partition coefficient (Wildman–Crippen LogP) is 3.94. The number of nitrogens with zero attached hydrogens (tertiary/aromatic N) is 2. The lowest BCUT2D eigenvalue weighted by atomic mass is 9.99. The minimum atomic E-state index is 0. The van der Waals surface area contributed by atoms with Crippen molar-refractivity contribution in [1.29, 1.82) is 0 Å². The van der Waals surface area contributed by atoms with Crippen LogP contribution in [-0.4, -0.2) is 58.9 Å². The quantitative estimate of drug-likeness (QED) is 0.337. The van der Waals surface area contributed by atoms with Crippen LogP contribution in [0.15, 0.2) is 47.5 Å². The minimum Gasteiger partial charge on any atom is -0.496 e. The lowest BCUT2D eigenvalue weighted by Crippen LogP contribution is -2.40. The van der Waals surface area contributed by atoms with Gasteiger partial charge in [0.2, 0.25) is 0 Å². The summed E-state index contributed by atoms with van der Waals surface area (Å²) >= 11 is 0. The number of methoxy groups -OCH3 is 3. The van der Waals surface area contributed by atoms with Crippen LogP contribution in [0.2, 0.25) is 0 Å². The Morgan fingerprint density at radius 2 is 1.73 bits per heavy atom. The summed E-state index contributed by atoms with van der Waals surface area (Å²) in [5, 5.41) is 3.50. The van der Waals surface area contributed by atoms with Crippen LogP contribution in [0.1, 0.15) is 23.5 Å². The number of aliphatic imine (C=N–C) groups is 1. The number of likely N-dealkylation sites (tertiary alicyclic amines) is 1. The Morgan fingerprint density at radius 3 is 2.30 bits per heavy atom. The molecule has 0 bridgehead atoms. The Balaban J connectivity index is 0.00000320. The van der Waals surface area contributed by atoms with Crippen molar-refractivity contribution in [2.45, 2.75) is 18.8 Å². The summed E-state index contributed by atoms with van der Waals surface area (Å²) in [5.41, 5.74) is 2.42. The number of hydrogen-bond acceptors (Lipinski definition) is 4. The van der Waals surface area contributed by atoms with E-state index in [1.807, 2.05) is 19.2 Å². The van der Waals surface area contributed by atoms with Crippen LogP contribution in [-0.2, 0) is 6.42 Å². The summed E-state index contributed by atoms with van der Waals surface area (Å²) in [4.78, 5) is 6.82.